The second-order valence-electron chi connectivity index (χ2n) is 3.46. The standard InChI is InChI=1S/C11H14ClN/c1-2-8-3-4-9-10(12)5-6-13-11(9)7-8/h3-4,7,10,13H,2,5-6H2,1H3. The van der Waals surface area contributed by atoms with E-state index in [1.165, 1.54) is 16.8 Å². The van der Waals surface area contributed by atoms with Crippen LogP contribution in [0, 0.1) is 0 Å². The molecule has 0 radical (unpaired) electrons. The summed E-state index contributed by atoms with van der Waals surface area (Å²) < 4.78 is 0. The predicted octanol–water partition coefficient (Wildman–Crippen LogP) is 3.34. The van der Waals surface area contributed by atoms with E-state index >= 15 is 0 Å². The average molecular weight is 196 g/mol. The van der Waals surface area contributed by atoms with Crippen molar-refractivity contribution < 1.29 is 0 Å². The van der Waals surface area contributed by atoms with Crippen LogP contribution in [0.1, 0.15) is 29.8 Å². The van der Waals surface area contributed by atoms with Gasteiger partial charge in [0, 0.05) is 12.2 Å². The maximum atomic E-state index is 6.20. The fraction of sp³-hybridized carbons (Fsp3) is 0.455. The first-order valence-corrected chi connectivity index (χ1v) is 5.25. The van der Waals surface area contributed by atoms with Crippen molar-refractivity contribution >= 4 is 17.3 Å². The maximum absolute atomic E-state index is 6.20. The van der Waals surface area contributed by atoms with Gasteiger partial charge in [-0.1, -0.05) is 19.1 Å². The average Bonchev–Trinajstić information content (AvgIpc) is 2.18. The van der Waals surface area contributed by atoms with Gasteiger partial charge in [-0.2, -0.15) is 0 Å². The van der Waals surface area contributed by atoms with Crippen LogP contribution in [0.25, 0.3) is 0 Å². The molecule has 1 aromatic rings. The van der Waals surface area contributed by atoms with Gasteiger partial charge in [-0.3, -0.25) is 0 Å². The second-order valence-corrected chi connectivity index (χ2v) is 3.98. The van der Waals surface area contributed by atoms with E-state index in [0.717, 1.165) is 19.4 Å². The predicted molar refractivity (Wildman–Crippen MR) is 57.5 cm³/mol. The summed E-state index contributed by atoms with van der Waals surface area (Å²) in [5.74, 6) is 0. The third-order valence-corrected chi connectivity index (χ3v) is 3.03. The van der Waals surface area contributed by atoms with Crippen molar-refractivity contribution in [2.45, 2.75) is 25.1 Å². The molecule has 2 rings (SSSR count). The first-order chi connectivity index (χ1) is 6.31. The third-order valence-electron chi connectivity index (χ3n) is 2.58. The van der Waals surface area contributed by atoms with Crippen LogP contribution < -0.4 is 5.32 Å². The maximum Gasteiger partial charge on any atom is 0.0622 e. The van der Waals surface area contributed by atoms with Gasteiger partial charge in [-0.25, -0.2) is 0 Å². The van der Waals surface area contributed by atoms with E-state index in [0.29, 0.717) is 0 Å². The SMILES string of the molecule is CCc1ccc2c(c1)NCCC2Cl. The van der Waals surface area contributed by atoms with Crippen molar-refractivity contribution in [3.05, 3.63) is 29.3 Å². The molecule has 1 atom stereocenters. The number of aryl methyl sites for hydroxylation is 1. The molecule has 13 heavy (non-hydrogen) atoms. The van der Waals surface area contributed by atoms with Gasteiger partial charge in [0.1, 0.15) is 0 Å². The zero-order valence-corrected chi connectivity index (χ0v) is 8.56. The molecule has 0 saturated heterocycles. The molecule has 0 spiro atoms. The molecule has 1 aliphatic heterocycles. The summed E-state index contributed by atoms with van der Waals surface area (Å²) in [6.07, 6.45) is 2.11. The van der Waals surface area contributed by atoms with Crippen molar-refractivity contribution in [1.29, 1.82) is 0 Å². The van der Waals surface area contributed by atoms with E-state index in [-0.39, 0.29) is 5.38 Å². The Kier molecular flexibility index (Phi) is 2.45. The van der Waals surface area contributed by atoms with E-state index < -0.39 is 0 Å². The molecule has 1 nitrogen and oxygen atoms in total. The smallest absolute Gasteiger partial charge is 0.0622 e. The molecule has 70 valence electrons. The van der Waals surface area contributed by atoms with Crippen molar-refractivity contribution in [3.63, 3.8) is 0 Å². The molecule has 1 aliphatic rings. The van der Waals surface area contributed by atoms with E-state index in [4.69, 9.17) is 11.6 Å². The molecular weight excluding hydrogens is 182 g/mol. The van der Waals surface area contributed by atoms with Crippen LogP contribution in [0.5, 0.6) is 0 Å². The van der Waals surface area contributed by atoms with Crippen LogP contribution in [0.4, 0.5) is 5.69 Å². The Balaban J connectivity index is 2.39. The molecule has 1 heterocycles. The molecule has 1 aromatic carbocycles. The Morgan fingerprint density at radius 2 is 2.38 bits per heavy atom. The molecule has 0 aliphatic carbocycles. The fourth-order valence-corrected chi connectivity index (χ4v) is 2.04. The number of hydrogen-bond donors (Lipinski definition) is 1. The second kappa shape index (κ2) is 3.59. The van der Waals surface area contributed by atoms with Crippen LogP contribution in [0.3, 0.4) is 0 Å². The van der Waals surface area contributed by atoms with E-state index in [2.05, 4.69) is 30.4 Å². The van der Waals surface area contributed by atoms with Crippen LogP contribution in [-0.2, 0) is 6.42 Å². The van der Waals surface area contributed by atoms with E-state index in [1.807, 2.05) is 0 Å². The lowest BCUT2D eigenvalue weighted by Gasteiger charge is -2.22. The number of alkyl halides is 1. The Labute approximate surface area is 84.1 Å². The van der Waals surface area contributed by atoms with Gasteiger partial charge >= 0.3 is 0 Å². The Morgan fingerprint density at radius 1 is 1.54 bits per heavy atom. The fourth-order valence-electron chi connectivity index (χ4n) is 1.74. The van der Waals surface area contributed by atoms with Gasteiger partial charge in [-0.05, 0) is 30.0 Å². The van der Waals surface area contributed by atoms with Crippen molar-refractivity contribution in [3.8, 4) is 0 Å². The summed E-state index contributed by atoms with van der Waals surface area (Å²) in [4.78, 5) is 0. The summed E-state index contributed by atoms with van der Waals surface area (Å²) in [6.45, 7) is 3.16. The number of rotatable bonds is 1. The Bertz CT molecular complexity index is 309. The Hall–Kier alpha value is -0.690. The van der Waals surface area contributed by atoms with Crippen LogP contribution in [0.2, 0.25) is 0 Å². The lowest BCUT2D eigenvalue weighted by molar-refractivity contribution is 0.800. The normalized spacial score (nSPS) is 20.6. The summed E-state index contributed by atoms with van der Waals surface area (Å²) in [6, 6.07) is 6.53. The first-order valence-electron chi connectivity index (χ1n) is 4.82. The molecular formula is C11H14ClN. The van der Waals surface area contributed by atoms with Crippen molar-refractivity contribution in [2.24, 2.45) is 0 Å². The van der Waals surface area contributed by atoms with Crippen molar-refractivity contribution in [2.75, 3.05) is 11.9 Å². The van der Waals surface area contributed by atoms with Crippen LogP contribution in [-0.4, -0.2) is 6.54 Å². The monoisotopic (exact) mass is 195 g/mol. The summed E-state index contributed by atoms with van der Waals surface area (Å²) >= 11 is 6.20. The highest BCUT2D eigenvalue weighted by molar-refractivity contribution is 6.21. The minimum atomic E-state index is 0.196. The highest BCUT2D eigenvalue weighted by Gasteiger charge is 2.16. The van der Waals surface area contributed by atoms with Crippen LogP contribution >= 0.6 is 11.6 Å². The zero-order valence-electron chi connectivity index (χ0n) is 7.81. The third kappa shape index (κ3) is 1.66. The topological polar surface area (TPSA) is 12.0 Å². The number of anilines is 1. The molecule has 1 unspecified atom stereocenters. The van der Waals surface area contributed by atoms with Gasteiger partial charge in [0.25, 0.3) is 0 Å². The van der Waals surface area contributed by atoms with Crippen molar-refractivity contribution in [1.82, 2.24) is 0 Å². The minimum absolute atomic E-state index is 0.196. The molecule has 0 saturated carbocycles. The summed E-state index contributed by atoms with van der Waals surface area (Å²) in [5.41, 5.74) is 3.85. The lowest BCUT2D eigenvalue weighted by atomic mass is 10.00. The number of fused-ring (bicyclic) bond motifs is 1. The van der Waals surface area contributed by atoms with E-state index in [1.54, 1.807) is 0 Å². The quantitative estimate of drug-likeness (QED) is 0.678. The van der Waals surface area contributed by atoms with Gasteiger partial charge in [0.2, 0.25) is 0 Å². The van der Waals surface area contributed by atoms with Crippen LogP contribution in [0.15, 0.2) is 18.2 Å². The largest absolute Gasteiger partial charge is 0.385 e. The summed E-state index contributed by atoms with van der Waals surface area (Å²) in [5, 5.41) is 3.58. The van der Waals surface area contributed by atoms with E-state index in [9.17, 15) is 0 Å². The van der Waals surface area contributed by atoms with Gasteiger partial charge in [-0.15, -0.1) is 11.6 Å². The number of hydrogen-bond acceptors (Lipinski definition) is 1. The molecule has 1 N–H and O–H groups in total. The molecule has 0 fully saturated rings. The molecule has 0 bridgehead atoms. The van der Waals surface area contributed by atoms with Gasteiger partial charge in [0.15, 0.2) is 0 Å². The lowest BCUT2D eigenvalue weighted by Crippen LogP contribution is -2.13. The highest BCUT2D eigenvalue weighted by Crippen LogP contribution is 2.34. The first kappa shape index (κ1) is 8.89. The molecule has 0 amide bonds. The number of nitrogens with one attached hydrogen (secondary N) is 1. The molecule has 0 aromatic heterocycles. The number of benzene rings is 1. The van der Waals surface area contributed by atoms with Gasteiger partial charge in [0.05, 0.1) is 5.38 Å². The zero-order chi connectivity index (χ0) is 9.26. The minimum Gasteiger partial charge on any atom is -0.385 e. The Morgan fingerprint density at radius 3 is 3.15 bits per heavy atom. The molecule has 2 heteroatoms. The van der Waals surface area contributed by atoms with Gasteiger partial charge < -0.3 is 5.32 Å². The summed E-state index contributed by atoms with van der Waals surface area (Å²) in [7, 11) is 0. The highest BCUT2D eigenvalue weighted by atomic mass is 35.5. The number of halogens is 1.